The van der Waals surface area contributed by atoms with Crippen molar-refractivity contribution in [1.82, 2.24) is 9.78 Å². The normalized spacial score (nSPS) is 12.5. The molecule has 1 atom stereocenters. The third-order valence-electron chi connectivity index (χ3n) is 0.909. The van der Waals surface area contributed by atoms with E-state index in [-0.39, 0.29) is 0 Å². The molecule has 0 aliphatic rings. The van der Waals surface area contributed by atoms with Crippen molar-refractivity contribution in [3.05, 3.63) is 16.9 Å². The lowest BCUT2D eigenvalue weighted by molar-refractivity contribution is 0.291. The maximum Gasteiger partial charge on any atom is 0.277 e. The van der Waals surface area contributed by atoms with Crippen LogP contribution in [0.2, 0.25) is 0 Å². The van der Waals surface area contributed by atoms with Gasteiger partial charge >= 0.3 is 0 Å². The minimum Gasteiger partial charge on any atom is -0.225 e. The van der Waals surface area contributed by atoms with Crippen LogP contribution in [0, 0.1) is 11.3 Å². The van der Waals surface area contributed by atoms with Gasteiger partial charge in [-0.15, -0.1) is 0 Å². The fraction of sp³-hybridized carbons (Fsp3) is 0.200. The fourth-order valence-electron chi connectivity index (χ4n) is 0.498. The van der Waals surface area contributed by atoms with Crippen molar-refractivity contribution in [3.8, 4) is 6.07 Å². The lowest BCUT2D eigenvalue weighted by Gasteiger charge is -1.95. The molecule has 0 bridgehead atoms. The van der Waals surface area contributed by atoms with Crippen LogP contribution < -0.4 is 0 Å². The lowest BCUT2D eigenvalue weighted by Crippen LogP contribution is -2.00. The van der Waals surface area contributed by atoms with Crippen LogP contribution in [0.5, 0.6) is 0 Å². The first-order chi connectivity index (χ1) is 4.74. The molecule has 0 saturated heterocycles. The molecule has 1 rings (SSSR count). The molecule has 0 aromatic carbocycles. The topological polar surface area (TPSA) is 41.6 Å². The Morgan fingerprint density at radius 2 is 2.60 bits per heavy atom. The lowest BCUT2D eigenvalue weighted by atomic mass is 10.6. The third-order valence-corrected chi connectivity index (χ3v) is 1.32. The number of nitrogens with zero attached hydrogens (tertiary/aromatic N) is 3. The number of rotatable bonds is 1. The van der Waals surface area contributed by atoms with Crippen LogP contribution >= 0.6 is 15.9 Å². The Labute approximate surface area is 65.2 Å². The van der Waals surface area contributed by atoms with E-state index in [1.54, 1.807) is 0 Å². The number of hydrogen-bond acceptors (Lipinski definition) is 2. The highest BCUT2D eigenvalue weighted by atomic mass is 79.9. The van der Waals surface area contributed by atoms with E-state index < -0.39 is 6.30 Å². The number of hydrogen-bond donors (Lipinski definition) is 0. The molecule has 3 nitrogen and oxygen atoms in total. The Bertz CT molecular complexity index is 264. The molecule has 0 fully saturated rings. The summed E-state index contributed by atoms with van der Waals surface area (Å²) in [5.74, 6) is 0. The van der Waals surface area contributed by atoms with Gasteiger partial charge in [0.25, 0.3) is 6.30 Å². The maximum absolute atomic E-state index is 12.4. The van der Waals surface area contributed by atoms with Crippen LogP contribution in [0.25, 0.3) is 0 Å². The number of alkyl halides is 1. The number of halogens is 2. The van der Waals surface area contributed by atoms with Gasteiger partial charge in [-0.2, -0.15) is 10.4 Å². The van der Waals surface area contributed by atoms with E-state index in [1.165, 1.54) is 18.5 Å². The number of nitriles is 1. The first-order valence-corrected chi connectivity index (χ1v) is 3.26. The van der Waals surface area contributed by atoms with Crippen LogP contribution in [-0.2, 0) is 0 Å². The summed E-state index contributed by atoms with van der Waals surface area (Å²) in [6.07, 6.45) is 1.13. The Balaban J connectivity index is 2.87. The van der Waals surface area contributed by atoms with Crippen molar-refractivity contribution in [2.45, 2.75) is 6.30 Å². The van der Waals surface area contributed by atoms with Gasteiger partial charge in [0.2, 0.25) is 0 Å². The van der Waals surface area contributed by atoms with Crippen molar-refractivity contribution < 1.29 is 4.39 Å². The quantitative estimate of drug-likeness (QED) is 0.697. The SMILES string of the molecule is N#CC(F)n1cc(Br)cn1. The average Bonchev–Trinajstić information content (AvgIpc) is 2.34. The Kier molecular flexibility index (Phi) is 2.02. The first-order valence-electron chi connectivity index (χ1n) is 2.47. The van der Waals surface area contributed by atoms with Crippen molar-refractivity contribution in [3.63, 3.8) is 0 Å². The average molecular weight is 204 g/mol. The highest BCUT2D eigenvalue weighted by Gasteiger charge is 2.06. The minimum absolute atomic E-state index is 0.658. The van der Waals surface area contributed by atoms with Gasteiger partial charge in [-0.05, 0) is 15.9 Å². The molecule has 0 N–H and O–H groups in total. The molecule has 1 aromatic heterocycles. The second kappa shape index (κ2) is 2.80. The molecule has 52 valence electrons. The van der Waals surface area contributed by atoms with E-state index in [9.17, 15) is 4.39 Å². The summed E-state index contributed by atoms with van der Waals surface area (Å²) in [5.41, 5.74) is 0. The van der Waals surface area contributed by atoms with Gasteiger partial charge in [-0.1, -0.05) is 0 Å². The number of aromatic nitrogens is 2. The fourth-order valence-corrected chi connectivity index (χ4v) is 0.799. The Morgan fingerprint density at radius 1 is 1.90 bits per heavy atom. The smallest absolute Gasteiger partial charge is 0.225 e. The van der Waals surface area contributed by atoms with Gasteiger partial charge in [0.05, 0.1) is 10.7 Å². The summed E-state index contributed by atoms with van der Waals surface area (Å²) in [6.45, 7) is 0. The van der Waals surface area contributed by atoms with E-state index in [2.05, 4.69) is 21.0 Å². The molecule has 1 unspecified atom stereocenters. The molecule has 0 spiro atoms. The summed E-state index contributed by atoms with van der Waals surface area (Å²) in [4.78, 5) is 0. The highest BCUT2D eigenvalue weighted by molar-refractivity contribution is 9.10. The molecular weight excluding hydrogens is 201 g/mol. The van der Waals surface area contributed by atoms with Gasteiger partial charge in [0.15, 0.2) is 0 Å². The predicted octanol–water partition coefficient (Wildman–Crippen LogP) is 1.64. The summed E-state index contributed by atoms with van der Waals surface area (Å²) in [7, 11) is 0. The predicted molar refractivity (Wildman–Crippen MR) is 35.7 cm³/mol. The Morgan fingerprint density at radius 3 is 3.00 bits per heavy atom. The highest BCUT2D eigenvalue weighted by Crippen LogP contribution is 2.11. The summed E-state index contributed by atoms with van der Waals surface area (Å²) >= 11 is 3.07. The molecule has 1 heterocycles. The molecule has 5 heteroatoms. The molecule has 0 amide bonds. The van der Waals surface area contributed by atoms with Gasteiger partial charge in [-0.3, -0.25) is 0 Å². The second-order valence-corrected chi connectivity index (χ2v) is 2.52. The zero-order valence-corrected chi connectivity index (χ0v) is 6.42. The third kappa shape index (κ3) is 1.33. The van der Waals surface area contributed by atoms with E-state index in [0.717, 1.165) is 4.68 Å². The van der Waals surface area contributed by atoms with E-state index >= 15 is 0 Å². The molecule has 10 heavy (non-hydrogen) atoms. The molecule has 1 aromatic rings. The van der Waals surface area contributed by atoms with E-state index in [0.29, 0.717) is 4.47 Å². The van der Waals surface area contributed by atoms with Crippen molar-refractivity contribution in [1.29, 1.82) is 5.26 Å². The molecule has 0 aliphatic carbocycles. The van der Waals surface area contributed by atoms with Crippen molar-refractivity contribution in [2.75, 3.05) is 0 Å². The van der Waals surface area contributed by atoms with Gasteiger partial charge < -0.3 is 0 Å². The molecule has 0 aliphatic heterocycles. The van der Waals surface area contributed by atoms with Crippen LogP contribution in [0.3, 0.4) is 0 Å². The standard InChI is InChI=1S/C5H3BrFN3/c6-4-2-9-10(3-4)5(7)1-8/h2-3,5H. The summed E-state index contributed by atoms with van der Waals surface area (Å²) < 4.78 is 14.0. The van der Waals surface area contributed by atoms with Gasteiger partial charge in [-0.25, -0.2) is 9.07 Å². The maximum atomic E-state index is 12.4. The van der Waals surface area contributed by atoms with Crippen LogP contribution in [0.4, 0.5) is 4.39 Å². The second-order valence-electron chi connectivity index (χ2n) is 1.60. The van der Waals surface area contributed by atoms with E-state index in [1.807, 2.05) is 0 Å². The molecule has 0 radical (unpaired) electrons. The van der Waals surface area contributed by atoms with Crippen LogP contribution in [0.1, 0.15) is 6.30 Å². The molecular formula is C5H3BrFN3. The summed E-state index contributed by atoms with van der Waals surface area (Å²) in [5, 5.41) is 11.7. The minimum atomic E-state index is -1.69. The van der Waals surface area contributed by atoms with Crippen LogP contribution in [0.15, 0.2) is 16.9 Å². The largest absolute Gasteiger partial charge is 0.277 e. The summed E-state index contributed by atoms with van der Waals surface area (Å²) in [6, 6.07) is 1.41. The van der Waals surface area contributed by atoms with E-state index in [4.69, 9.17) is 5.26 Å². The Hall–Kier alpha value is -0.890. The molecule has 0 saturated carbocycles. The van der Waals surface area contributed by atoms with Crippen molar-refractivity contribution in [2.24, 2.45) is 0 Å². The van der Waals surface area contributed by atoms with Gasteiger partial charge in [0, 0.05) is 6.20 Å². The zero-order chi connectivity index (χ0) is 7.56. The zero-order valence-electron chi connectivity index (χ0n) is 4.83. The van der Waals surface area contributed by atoms with Crippen LogP contribution in [-0.4, -0.2) is 9.78 Å². The monoisotopic (exact) mass is 203 g/mol. The van der Waals surface area contributed by atoms with Crippen molar-refractivity contribution >= 4 is 15.9 Å². The first kappa shape index (κ1) is 7.22. The van der Waals surface area contributed by atoms with Gasteiger partial charge in [0.1, 0.15) is 6.07 Å².